The van der Waals surface area contributed by atoms with E-state index in [-0.39, 0.29) is 23.7 Å². The quantitative estimate of drug-likeness (QED) is 0.423. The topological polar surface area (TPSA) is 119 Å². The van der Waals surface area contributed by atoms with E-state index in [0.29, 0.717) is 34.8 Å². The van der Waals surface area contributed by atoms with Crippen LogP contribution < -0.4 is 15.4 Å². The fourth-order valence-electron chi connectivity index (χ4n) is 4.37. The summed E-state index contributed by atoms with van der Waals surface area (Å²) < 4.78 is 16.6. The molecule has 1 aromatic carbocycles. The highest BCUT2D eigenvalue weighted by molar-refractivity contribution is 5.99. The summed E-state index contributed by atoms with van der Waals surface area (Å²) in [4.78, 5) is 31.8. The van der Waals surface area contributed by atoms with Crippen LogP contribution in [0.2, 0.25) is 0 Å². The zero-order valence-electron chi connectivity index (χ0n) is 21.9. The fourth-order valence-corrected chi connectivity index (χ4v) is 4.37. The van der Waals surface area contributed by atoms with Gasteiger partial charge in [0.05, 0.1) is 25.5 Å². The van der Waals surface area contributed by atoms with Crippen molar-refractivity contribution in [1.29, 1.82) is 0 Å². The van der Waals surface area contributed by atoms with Crippen molar-refractivity contribution in [3.05, 3.63) is 65.7 Å². The smallest absolute Gasteiger partial charge is 0.324 e. The van der Waals surface area contributed by atoms with Gasteiger partial charge in [-0.1, -0.05) is 38.1 Å². The Morgan fingerprint density at radius 2 is 1.89 bits per heavy atom. The Labute approximate surface area is 221 Å². The molecule has 2 saturated heterocycles. The summed E-state index contributed by atoms with van der Waals surface area (Å²) in [5.74, 6) is 1.60. The van der Waals surface area contributed by atoms with Crippen LogP contribution in [0, 0.1) is 0 Å². The van der Waals surface area contributed by atoms with Gasteiger partial charge in [-0.2, -0.15) is 0 Å². The first kappa shape index (κ1) is 25.9. The summed E-state index contributed by atoms with van der Waals surface area (Å²) in [5.41, 5.74) is 1.60. The Balaban J connectivity index is 1.08. The number of anilines is 2. The molecule has 1 atom stereocenters. The van der Waals surface area contributed by atoms with Crippen molar-refractivity contribution in [1.82, 2.24) is 15.0 Å². The second kappa shape index (κ2) is 10.9. The van der Waals surface area contributed by atoms with E-state index < -0.39 is 6.03 Å². The lowest BCUT2D eigenvalue weighted by Crippen LogP contribution is -2.48. The van der Waals surface area contributed by atoms with Crippen molar-refractivity contribution >= 4 is 23.3 Å². The van der Waals surface area contributed by atoms with Gasteiger partial charge in [0.15, 0.2) is 11.6 Å². The lowest BCUT2D eigenvalue weighted by Gasteiger charge is -2.34. The molecule has 4 heterocycles. The van der Waals surface area contributed by atoms with E-state index in [0.717, 1.165) is 38.3 Å². The molecule has 5 rings (SSSR count). The van der Waals surface area contributed by atoms with Gasteiger partial charge in [-0.25, -0.2) is 9.78 Å². The number of urea groups is 1. The molecule has 2 amide bonds. The molecule has 0 bridgehead atoms. The second-order valence-electron chi connectivity index (χ2n) is 10.8. The molecular formula is C28H33N5O5. The molecular weight excluding hydrogens is 486 g/mol. The van der Waals surface area contributed by atoms with E-state index in [1.807, 2.05) is 20.8 Å². The molecule has 2 aliphatic rings. The van der Waals surface area contributed by atoms with Gasteiger partial charge in [0, 0.05) is 36.7 Å². The summed E-state index contributed by atoms with van der Waals surface area (Å²) in [6.45, 7) is 9.52. The van der Waals surface area contributed by atoms with Gasteiger partial charge in [0.25, 0.3) is 0 Å². The van der Waals surface area contributed by atoms with Gasteiger partial charge in [-0.05, 0) is 36.2 Å². The highest BCUT2D eigenvalue weighted by Crippen LogP contribution is 2.25. The number of nitrogens with zero attached hydrogens (tertiary/aromatic N) is 3. The van der Waals surface area contributed by atoms with E-state index in [2.05, 4.69) is 25.7 Å². The lowest BCUT2D eigenvalue weighted by molar-refractivity contribution is -0.0592. The molecule has 38 heavy (non-hydrogen) atoms. The molecule has 10 heteroatoms. The number of carbonyl (C=O) groups excluding carboxylic acids is 2. The summed E-state index contributed by atoms with van der Waals surface area (Å²) in [5, 5.41) is 9.29. The summed E-state index contributed by atoms with van der Waals surface area (Å²) in [6.07, 6.45) is 2.93. The number of carbonyl (C=O) groups is 2. The van der Waals surface area contributed by atoms with Crippen LogP contribution in [0.25, 0.3) is 0 Å². The van der Waals surface area contributed by atoms with Gasteiger partial charge in [-0.3, -0.25) is 15.0 Å². The zero-order chi connectivity index (χ0) is 26.7. The maximum atomic E-state index is 12.7. The Hall–Kier alpha value is -3.76. The Bertz CT molecular complexity index is 1260. The van der Waals surface area contributed by atoms with Crippen molar-refractivity contribution in [2.45, 2.75) is 51.2 Å². The molecule has 0 saturated carbocycles. The van der Waals surface area contributed by atoms with Crippen LogP contribution in [0.5, 0.6) is 5.75 Å². The number of pyridine rings is 1. The molecule has 200 valence electrons. The molecule has 2 N–H and O–H groups in total. The summed E-state index contributed by atoms with van der Waals surface area (Å²) >= 11 is 0. The molecule has 0 radical (unpaired) electrons. The van der Waals surface area contributed by atoms with E-state index in [1.165, 1.54) is 0 Å². The second-order valence-corrected chi connectivity index (χ2v) is 10.8. The largest absolute Gasteiger partial charge is 0.487 e. The van der Waals surface area contributed by atoms with Crippen molar-refractivity contribution in [2.75, 3.05) is 36.9 Å². The number of ether oxygens (including phenoxy) is 2. The van der Waals surface area contributed by atoms with Crippen LogP contribution in [0.4, 0.5) is 16.3 Å². The van der Waals surface area contributed by atoms with Crippen molar-refractivity contribution in [3.8, 4) is 5.75 Å². The molecule has 1 unspecified atom stereocenters. The monoisotopic (exact) mass is 519 g/mol. The van der Waals surface area contributed by atoms with Crippen molar-refractivity contribution in [3.63, 3.8) is 0 Å². The van der Waals surface area contributed by atoms with Crippen LogP contribution in [0.1, 0.15) is 49.0 Å². The molecule has 0 aliphatic carbocycles. The van der Waals surface area contributed by atoms with E-state index in [1.54, 1.807) is 48.7 Å². The first-order chi connectivity index (χ1) is 18.2. The van der Waals surface area contributed by atoms with Gasteiger partial charge in [0.1, 0.15) is 23.3 Å². The standard InChI is InChI=1S/C28H33N5O5/c1-28(2,3)25-13-26(32-38-25)31-27(35)30-19-6-4-18(5-7-19)12-24(34)23-9-8-21(14-29-23)37-22-10-11-33(15-22)20-16-36-17-20/h4-9,13-14,20,22H,10-12,15-17H2,1-3H3,(H2,30,31,32,35). The minimum Gasteiger partial charge on any atom is -0.487 e. The van der Waals surface area contributed by atoms with Crippen LogP contribution in [0.3, 0.4) is 0 Å². The summed E-state index contributed by atoms with van der Waals surface area (Å²) in [7, 11) is 0. The number of benzene rings is 1. The van der Waals surface area contributed by atoms with Gasteiger partial charge in [0.2, 0.25) is 0 Å². The number of nitrogens with one attached hydrogen (secondary N) is 2. The number of hydrogen-bond acceptors (Lipinski definition) is 8. The van der Waals surface area contributed by atoms with Crippen LogP contribution in [-0.4, -0.2) is 65.3 Å². The average molecular weight is 520 g/mol. The zero-order valence-corrected chi connectivity index (χ0v) is 21.9. The fraction of sp³-hybridized carbons (Fsp3) is 0.429. The summed E-state index contributed by atoms with van der Waals surface area (Å²) in [6, 6.07) is 12.4. The van der Waals surface area contributed by atoms with Gasteiger partial charge >= 0.3 is 6.03 Å². The average Bonchev–Trinajstić information content (AvgIpc) is 3.49. The first-order valence-electron chi connectivity index (χ1n) is 12.8. The van der Waals surface area contributed by atoms with Crippen molar-refractivity contribution in [2.24, 2.45) is 0 Å². The maximum absolute atomic E-state index is 12.7. The molecule has 2 fully saturated rings. The number of hydrogen-bond donors (Lipinski definition) is 2. The third-order valence-electron chi connectivity index (χ3n) is 6.71. The Kier molecular flexibility index (Phi) is 7.44. The number of rotatable bonds is 8. The van der Waals surface area contributed by atoms with E-state index >= 15 is 0 Å². The third-order valence-corrected chi connectivity index (χ3v) is 6.71. The number of amides is 2. The van der Waals surface area contributed by atoms with Crippen LogP contribution in [0.15, 0.2) is 53.2 Å². The number of likely N-dealkylation sites (tertiary alicyclic amines) is 1. The Morgan fingerprint density at radius 1 is 1.11 bits per heavy atom. The normalized spacial score (nSPS) is 18.1. The lowest BCUT2D eigenvalue weighted by atomic mass is 9.93. The number of ketones is 1. The van der Waals surface area contributed by atoms with E-state index in [9.17, 15) is 9.59 Å². The number of Topliss-reactive ketones (excluding diaryl/α,β-unsaturated/α-hetero) is 1. The van der Waals surface area contributed by atoms with Crippen LogP contribution in [-0.2, 0) is 16.6 Å². The van der Waals surface area contributed by atoms with Gasteiger partial charge < -0.3 is 19.3 Å². The molecule has 3 aromatic rings. The highest BCUT2D eigenvalue weighted by Gasteiger charge is 2.33. The predicted molar refractivity (Wildman–Crippen MR) is 142 cm³/mol. The Morgan fingerprint density at radius 3 is 2.53 bits per heavy atom. The minimum absolute atomic E-state index is 0.0901. The maximum Gasteiger partial charge on any atom is 0.324 e. The number of aromatic nitrogens is 2. The predicted octanol–water partition coefficient (Wildman–Crippen LogP) is 4.29. The van der Waals surface area contributed by atoms with E-state index in [4.69, 9.17) is 14.0 Å². The molecule has 10 nitrogen and oxygen atoms in total. The SMILES string of the molecule is CC(C)(C)c1cc(NC(=O)Nc2ccc(CC(=O)c3ccc(OC4CCN(C5COC5)C4)cn3)cc2)no1. The van der Waals surface area contributed by atoms with Crippen LogP contribution >= 0.6 is 0 Å². The molecule has 0 spiro atoms. The molecule has 2 aromatic heterocycles. The van der Waals surface area contributed by atoms with Gasteiger partial charge in [-0.15, -0.1) is 0 Å². The van der Waals surface area contributed by atoms with Crippen molar-refractivity contribution < 1.29 is 23.6 Å². The first-order valence-corrected chi connectivity index (χ1v) is 12.8. The highest BCUT2D eigenvalue weighted by atomic mass is 16.5. The third kappa shape index (κ3) is 6.38. The molecule has 2 aliphatic heterocycles. The minimum atomic E-state index is -0.434.